The molecular weight excluding hydrogens is 360 g/mol. The Kier molecular flexibility index (Phi) is 5.14. The lowest BCUT2D eigenvalue weighted by Gasteiger charge is -2.30. The van der Waals surface area contributed by atoms with E-state index in [1.165, 1.54) is 10.6 Å². The number of ether oxygens (including phenoxy) is 2. The molecule has 8 nitrogen and oxygen atoms in total. The molecule has 0 spiro atoms. The molecule has 2 aliphatic rings. The van der Waals surface area contributed by atoms with Crippen LogP contribution in [0.5, 0.6) is 11.5 Å². The SMILES string of the molecule is C[C@](O)(CNC(=O)C1CCN(S(C)(=O)=O)CC1)c1ccc2c(c1)OCO2. The lowest BCUT2D eigenvalue weighted by atomic mass is 9.94. The first-order valence-corrected chi connectivity index (χ1v) is 10.4. The Morgan fingerprint density at radius 1 is 1.31 bits per heavy atom. The van der Waals surface area contributed by atoms with Crippen LogP contribution in [-0.2, 0) is 20.4 Å². The quantitative estimate of drug-likeness (QED) is 0.762. The molecule has 0 radical (unpaired) electrons. The van der Waals surface area contributed by atoms with Crippen molar-refractivity contribution in [3.8, 4) is 11.5 Å². The smallest absolute Gasteiger partial charge is 0.231 e. The number of sulfonamides is 1. The standard InChI is InChI=1S/C17H24N2O6S/c1-17(21,13-3-4-14-15(9-13)25-11-24-14)10-18-16(20)12-5-7-19(8-6-12)26(2,22)23/h3-4,9,12,21H,5-8,10-11H2,1-2H3,(H,18,20)/t17-/m0/s1. The van der Waals surface area contributed by atoms with Gasteiger partial charge in [-0.25, -0.2) is 12.7 Å². The summed E-state index contributed by atoms with van der Waals surface area (Å²) in [5.41, 5.74) is -0.640. The average Bonchev–Trinajstić information content (AvgIpc) is 3.07. The molecule has 0 unspecified atom stereocenters. The maximum absolute atomic E-state index is 12.4. The van der Waals surface area contributed by atoms with Crippen molar-refractivity contribution in [1.82, 2.24) is 9.62 Å². The van der Waals surface area contributed by atoms with E-state index in [4.69, 9.17) is 9.47 Å². The van der Waals surface area contributed by atoms with Crippen molar-refractivity contribution in [1.29, 1.82) is 0 Å². The Morgan fingerprint density at radius 2 is 1.96 bits per heavy atom. The molecular formula is C17H24N2O6S. The number of benzene rings is 1. The van der Waals surface area contributed by atoms with Gasteiger partial charge in [-0.1, -0.05) is 6.07 Å². The average molecular weight is 384 g/mol. The highest BCUT2D eigenvalue weighted by molar-refractivity contribution is 7.88. The maximum Gasteiger partial charge on any atom is 0.231 e. The van der Waals surface area contributed by atoms with Gasteiger partial charge in [-0.15, -0.1) is 0 Å². The molecule has 1 saturated heterocycles. The summed E-state index contributed by atoms with van der Waals surface area (Å²) in [6.45, 7) is 2.52. The van der Waals surface area contributed by atoms with Crippen LogP contribution in [0.4, 0.5) is 0 Å². The molecule has 0 saturated carbocycles. The molecule has 1 amide bonds. The number of hydrogen-bond donors (Lipinski definition) is 2. The zero-order valence-electron chi connectivity index (χ0n) is 14.9. The van der Waals surface area contributed by atoms with Crippen molar-refractivity contribution in [2.24, 2.45) is 5.92 Å². The first kappa shape index (κ1) is 18.9. The molecule has 2 N–H and O–H groups in total. The third kappa shape index (κ3) is 4.11. The molecule has 2 aliphatic heterocycles. The number of rotatable bonds is 5. The lowest BCUT2D eigenvalue weighted by Crippen LogP contribution is -2.45. The second kappa shape index (κ2) is 7.05. The van der Waals surface area contributed by atoms with Crippen molar-refractivity contribution in [2.45, 2.75) is 25.4 Å². The van der Waals surface area contributed by atoms with Gasteiger partial charge in [0.25, 0.3) is 0 Å². The minimum Gasteiger partial charge on any atom is -0.454 e. The van der Waals surface area contributed by atoms with Gasteiger partial charge in [-0.05, 0) is 37.5 Å². The van der Waals surface area contributed by atoms with E-state index < -0.39 is 15.6 Å². The highest BCUT2D eigenvalue weighted by atomic mass is 32.2. The molecule has 0 aliphatic carbocycles. The highest BCUT2D eigenvalue weighted by Crippen LogP contribution is 2.35. The van der Waals surface area contributed by atoms with Crippen LogP contribution in [0.25, 0.3) is 0 Å². The van der Waals surface area contributed by atoms with Crippen LogP contribution in [-0.4, -0.2) is 56.4 Å². The van der Waals surface area contributed by atoms with Crippen molar-refractivity contribution < 1.29 is 27.8 Å². The zero-order chi connectivity index (χ0) is 18.9. The molecule has 3 rings (SSSR count). The van der Waals surface area contributed by atoms with Crippen LogP contribution < -0.4 is 14.8 Å². The van der Waals surface area contributed by atoms with E-state index in [1.807, 2.05) is 0 Å². The van der Waals surface area contributed by atoms with E-state index in [2.05, 4.69) is 5.32 Å². The fourth-order valence-electron chi connectivity index (χ4n) is 3.19. The van der Waals surface area contributed by atoms with E-state index in [1.54, 1.807) is 25.1 Å². The van der Waals surface area contributed by atoms with Gasteiger partial charge >= 0.3 is 0 Å². The van der Waals surface area contributed by atoms with Crippen LogP contribution in [0.3, 0.4) is 0 Å². The Labute approximate surface area is 153 Å². The second-order valence-corrected chi connectivity index (χ2v) is 8.98. The summed E-state index contributed by atoms with van der Waals surface area (Å²) in [5, 5.41) is 13.5. The second-order valence-electron chi connectivity index (χ2n) is 7.00. The van der Waals surface area contributed by atoms with Gasteiger partial charge < -0.3 is 19.9 Å². The number of fused-ring (bicyclic) bond motifs is 1. The number of amides is 1. The van der Waals surface area contributed by atoms with Crippen molar-refractivity contribution in [3.05, 3.63) is 23.8 Å². The Hall–Kier alpha value is -1.84. The molecule has 1 aromatic rings. The van der Waals surface area contributed by atoms with Gasteiger partial charge in [-0.3, -0.25) is 4.79 Å². The molecule has 0 bridgehead atoms. The highest BCUT2D eigenvalue weighted by Gasteiger charge is 2.31. The third-order valence-electron chi connectivity index (χ3n) is 4.90. The number of nitrogens with zero attached hydrogens (tertiary/aromatic N) is 1. The van der Waals surface area contributed by atoms with Crippen LogP contribution in [0.2, 0.25) is 0 Å². The number of carbonyl (C=O) groups excluding carboxylic acids is 1. The maximum atomic E-state index is 12.4. The molecule has 2 heterocycles. The van der Waals surface area contributed by atoms with Gasteiger partial charge in [-0.2, -0.15) is 0 Å². The lowest BCUT2D eigenvalue weighted by molar-refractivity contribution is -0.127. The molecule has 1 aromatic carbocycles. The number of hydrogen-bond acceptors (Lipinski definition) is 6. The van der Waals surface area contributed by atoms with E-state index in [0.717, 1.165) is 0 Å². The van der Waals surface area contributed by atoms with Crippen LogP contribution in [0.15, 0.2) is 18.2 Å². The van der Waals surface area contributed by atoms with Crippen LogP contribution in [0.1, 0.15) is 25.3 Å². The van der Waals surface area contributed by atoms with E-state index >= 15 is 0 Å². The summed E-state index contributed by atoms with van der Waals surface area (Å²) in [6.07, 6.45) is 2.13. The predicted molar refractivity (Wildman–Crippen MR) is 94.3 cm³/mol. The molecule has 0 aromatic heterocycles. The minimum atomic E-state index is -3.21. The number of nitrogens with one attached hydrogen (secondary N) is 1. The van der Waals surface area contributed by atoms with Crippen LogP contribution >= 0.6 is 0 Å². The molecule has 1 fully saturated rings. The minimum absolute atomic E-state index is 0.0533. The summed E-state index contributed by atoms with van der Waals surface area (Å²) < 4.78 is 35.0. The van der Waals surface area contributed by atoms with Crippen molar-refractivity contribution >= 4 is 15.9 Å². The topological polar surface area (TPSA) is 105 Å². The summed E-state index contributed by atoms with van der Waals surface area (Å²) >= 11 is 0. The zero-order valence-corrected chi connectivity index (χ0v) is 15.7. The molecule has 26 heavy (non-hydrogen) atoms. The first-order valence-electron chi connectivity index (χ1n) is 8.52. The summed E-state index contributed by atoms with van der Waals surface area (Å²) in [4.78, 5) is 12.4. The Balaban J connectivity index is 1.55. The largest absolute Gasteiger partial charge is 0.454 e. The number of aliphatic hydroxyl groups is 1. The molecule has 1 atom stereocenters. The summed E-state index contributed by atoms with van der Waals surface area (Å²) in [7, 11) is -3.21. The normalized spacial score (nSPS) is 20.6. The van der Waals surface area contributed by atoms with Gasteiger partial charge in [0.15, 0.2) is 11.5 Å². The molecule has 144 valence electrons. The van der Waals surface area contributed by atoms with Gasteiger partial charge in [0.05, 0.1) is 12.8 Å². The third-order valence-corrected chi connectivity index (χ3v) is 6.20. The van der Waals surface area contributed by atoms with Gasteiger partial charge in [0.1, 0.15) is 5.60 Å². The van der Waals surface area contributed by atoms with E-state index in [-0.39, 0.29) is 25.2 Å². The number of piperidine rings is 1. The predicted octanol–water partition coefficient (Wildman–Crippen LogP) is 0.411. The molecule has 9 heteroatoms. The Morgan fingerprint density at radius 3 is 2.62 bits per heavy atom. The van der Waals surface area contributed by atoms with E-state index in [0.29, 0.717) is 43.0 Å². The van der Waals surface area contributed by atoms with Crippen molar-refractivity contribution in [3.63, 3.8) is 0 Å². The van der Waals surface area contributed by atoms with Gasteiger partial charge in [0.2, 0.25) is 22.7 Å². The van der Waals surface area contributed by atoms with Crippen LogP contribution in [0, 0.1) is 5.92 Å². The fourth-order valence-corrected chi connectivity index (χ4v) is 4.06. The van der Waals surface area contributed by atoms with E-state index in [9.17, 15) is 18.3 Å². The Bertz CT molecular complexity index is 784. The monoisotopic (exact) mass is 384 g/mol. The summed E-state index contributed by atoms with van der Waals surface area (Å²) in [5.74, 6) is 0.785. The number of carbonyl (C=O) groups is 1. The summed E-state index contributed by atoms with van der Waals surface area (Å²) in [6, 6.07) is 5.18. The fraction of sp³-hybridized carbons (Fsp3) is 0.588. The first-order chi connectivity index (χ1) is 12.2. The van der Waals surface area contributed by atoms with Crippen molar-refractivity contribution in [2.75, 3.05) is 32.7 Å². The van der Waals surface area contributed by atoms with Gasteiger partial charge in [0, 0.05) is 19.0 Å².